The highest BCUT2D eigenvalue weighted by atomic mass is 35.5. The van der Waals surface area contributed by atoms with Gasteiger partial charge in [-0.15, -0.1) is 0 Å². The number of likely N-dealkylation sites (tertiary alicyclic amines) is 1. The largest absolute Gasteiger partial charge is 0.416 e. The van der Waals surface area contributed by atoms with Gasteiger partial charge in [0, 0.05) is 18.5 Å². The first kappa shape index (κ1) is 29.5. The lowest BCUT2D eigenvalue weighted by Gasteiger charge is -2.30. The van der Waals surface area contributed by atoms with Crippen LogP contribution in [0.1, 0.15) is 35.1 Å². The zero-order valence-electron chi connectivity index (χ0n) is 19.2. The van der Waals surface area contributed by atoms with Gasteiger partial charge in [0.15, 0.2) is 0 Å². The van der Waals surface area contributed by atoms with Crippen LogP contribution >= 0.6 is 23.2 Å². The zero-order chi connectivity index (χ0) is 27.8. The molecule has 1 aliphatic rings. The first-order valence-corrected chi connectivity index (χ1v) is 13.3. The number of halogens is 8. The molecule has 0 saturated carbocycles. The van der Waals surface area contributed by atoms with E-state index in [1.807, 2.05) is 0 Å². The molecule has 0 aliphatic carbocycles. The molecular weight excluding hydrogens is 571 g/mol. The van der Waals surface area contributed by atoms with E-state index in [1.54, 1.807) is 12.1 Å². The van der Waals surface area contributed by atoms with Crippen molar-refractivity contribution >= 4 is 39.2 Å². The van der Waals surface area contributed by atoms with Crippen LogP contribution in [0.4, 0.5) is 26.3 Å². The van der Waals surface area contributed by atoms with Crippen LogP contribution in [0.15, 0.2) is 36.4 Å². The number of amides is 1. The summed E-state index contributed by atoms with van der Waals surface area (Å²) in [6.07, 6.45) is -9.41. The lowest BCUT2D eigenvalue weighted by atomic mass is 9.77. The minimum absolute atomic E-state index is 0.000905. The molecule has 1 fully saturated rings. The van der Waals surface area contributed by atoms with Gasteiger partial charge >= 0.3 is 12.4 Å². The van der Waals surface area contributed by atoms with Crippen molar-refractivity contribution in [3.05, 3.63) is 68.7 Å². The number of benzene rings is 2. The van der Waals surface area contributed by atoms with E-state index in [-0.39, 0.29) is 42.2 Å². The summed E-state index contributed by atoms with van der Waals surface area (Å²) in [7, 11) is -3.75. The fourth-order valence-corrected chi connectivity index (χ4v) is 4.98. The smallest absolute Gasteiger partial charge is 0.341 e. The minimum atomic E-state index is -5.03. The monoisotopic (exact) mass is 591 g/mol. The molecule has 3 rings (SSSR count). The van der Waals surface area contributed by atoms with Gasteiger partial charge in [-0.05, 0) is 54.3 Å². The maximum absolute atomic E-state index is 13.2. The Morgan fingerprint density at radius 3 is 2.11 bits per heavy atom. The van der Waals surface area contributed by atoms with Gasteiger partial charge in [-0.3, -0.25) is 8.98 Å². The topological polar surface area (TPSA) is 63.7 Å². The maximum Gasteiger partial charge on any atom is 0.416 e. The van der Waals surface area contributed by atoms with Crippen LogP contribution in [-0.4, -0.2) is 45.2 Å². The van der Waals surface area contributed by atoms with Crippen molar-refractivity contribution in [1.82, 2.24) is 4.90 Å². The summed E-state index contributed by atoms with van der Waals surface area (Å²) in [5.41, 5.74) is -3.64. The van der Waals surface area contributed by atoms with Gasteiger partial charge in [0.1, 0.15) is 0 Å². The molecule has 0 radical (unpaired) electrons. The molecule has 1 amide bonds. The fourth-order valence-electron chi connectivity index (χ4n) is 4.29. The van der Waals surface area contributed by atoms with E-state index >= 15 is 0 Å². The molecule has 2 aromatic carbocycles. The van der Waals surface area contributed by atoms with Crippen molar-refractivity contribution in [2.24, 2.45) is 0 Å². The molecule has 37 heavy (non-hydrogen) atoms. The molecule has 5 nitrogen and oxygen atoms in total. The van der Waals surface area contributed by atoms with Crippen molar-refractivity contribution < 1.29 is 43.7 Å². The summed E-state index contributed by atoms with van der Waals surface area (Å²) in [5.74, 6) is -0.682. The van der Waals surface area contributed by atoms with Crippen molar-refractivity contribution in [3.8, 4) is 0 Å². The Kier molecular flexibility index (Phi) is 8.48. The van der Waals surface area contributed by atoms with Gasteiger partial charge in [-0.1, -0.05) is 29.3 Å². The van der Waals surface area contributed by atoms with Crippen molar-refractivity contribution in [2.75, 3.05) is 26.0 Å². The number of carbonyl (C=O) groups is 1. The summed E-state index contributed by atoms with van der Waals surface area (Å²) in [6.45, 7) is -0.0747. The standard InChI is InChI=1S/C23H21Cl2F6NO4S/c1-37(34,35)36-7-5-21(15-2-3-18(24)19(25)12-15)4-6-32(13-21)20(33)10-14-8-16(22(26,27)28)11-17(9-14)23(29,30)31/h2-3,8-9,11-12H,4-7,10,13H2,1H3/t21-/m1/s1. The molecule has 0 unspecified atom stereocenters. The van der Waals surface area contributed by atoms with Gasteiger partial charge in [0.2, 0.25) is 5.91 Å². The van der Waals surface area contributed by atoms with Crippen molar-refractivity contribution in [2.45, 2.75) is 37.0 Å². The lowest BCUT2D eigenvalue weighted by molar-refractivity contribution is -0.143. The number of alkyl halides is 6. The maximum atomic E-state index is 13.2. The Hall–Kier alpha value is -2.02. The predicted octanol–water partition coefficient (Wildman–Crippen LogP) is 6.11. The van der Waals surface area contributed by atoms with Gasteiger partial charge in [-0.2, -0.15) is 34.8 Å². The quantitative estimate of drug-likeness (QED) is 0.288. The molecule has 2 aromatic rings. The summed E-state index contributed by atoms with van der Waals surface area (Å²) in [5, 5.41) is 0.486. The molecule has 1 saturated heterocycles. The third-order valence-electron chi connectivity index (χ3n) is 6.12. The summed E-state index contributed by atoms with van der Waals surface area (Å²) < 4.78 is 107. The van der Waals surface area contributed by atoms with Gasteiger partial charge in [0.25, 0.3) is 10.1 Å². The fraction of sp³-hybridized carbons (Fsp3) is 0.435. The highest BCUT2D eigenvalue weighted by Crippen LogP contribution is 2.41. The Balaban J connectivity index is 1.87. The van der Waals surface area contributed by atoms with Crippen LogP contribution in [0.5, 0.6) is 0 Å². The van der Waals surface area contributed by atoms with Crippen LogP contribution in [0, 0.1) is 0 Å². The Labute approximate surface area is 219 Å². The average Bonchev–Trinajstić information content (AvgIpc) is 3.19. The van der Waals surface area contributed by atoms with E-state index in [0.29, 0.717) is 24.1 Å². The Morgan fingerprint density at radius 2 is 1.59 bits per heavy atom. The Morgan fingerprint density at radius 1 is 1.00 bits per heavy atom. The van der Waals surface area contributed by atoms with Gasteiger partial charge in [0.05, 0.1) is 40.5 Å². The number of nitrogens with zero attached hydrogens (tertiary/aromatic N) is 1. The van der Waals surface area contributed by atoms with Crippen LogP contribution in [0.3, 0.4) is 0 Å². The van der Waals surface area contributed by atoms with Crippen LogP contribution in [-0.2, 0) is 43.3 Å². The van der Waals surface area contributed by atoms with Gasteiger partial charge in [-0.25, -0.2) is 0 Å². The second kappa shape index (κ2) is 10.6. The molecule has 0 N–H and O–H groups in total. The van der Waals surface area contributed by atoms with Crippen LogP contribution < -0.4 is 0 Å². The zero-order valence-corrected chi connectivity index (χ0v) is 21.5. The Bertz CT molecular complexity index is 1250. The number of rotatable bonds is 7. The van der Waals surface area contributed by atoms with E-state index in [4.69, 9.17) is 27.4 Å². The minimum Gasteiger partial charge on any atom is -0.341 e. The molecule has 1 aliphatic heterocycles. The van der Waals surface area contributed by atoms with E-state index < -0.39 is 56.9 Å². The first-order chi connectivity index (χ1) is 16.9. The molecule has 204 valence electrons. The first-order valence-electron chi connectivity index (χ1n) is 10.8. The lowest BCUT2D eigenvalue weighted by Crippen LogP contribution is -2.36. The summed E-state index contributed by atoms with van der Waals surface area (Å²) >= 11 is 12.1. The van der Waals surface area contributed by atoms with E-state index in [1.165, 1.54) is 11.0 Å². The summed E-state index contributed by atoms with van der Waals surface area (Å²) in [4.78, 5) is 14.3. The van der Waals surface area contributed by atoms with Crippen LogP contribution in [0.2, 0.25) is 10.0 Å². The highest BCUT2D eigenvalue weighted by molar-refractivity contribution is 7.85. The molecule has 0 spiro atoms. The van der Waals surface area contributed by atoms with E-state index in [2.05, 4.69) is 0 Å². The normalized spacial score (nSPS) is 18.9. The molecule has 14 heteroatoms. The molecule has 0 aromatic heterocycles. The van der Waals surface area contributed by atoms with Gasteiger partial charge < -0.3 is 4.90 Å². The summed E-state index contributed by atoms with van der Waals surface area (Å²) in [6, 6.07) is 5.81. The second-order valence-electron chi connectivity index (χ2n) is 8.84. The third-order valence-corrected chi connectivity index (χ3v) is 7.45. The molecule has 0 bridgehead atoms. The molecular formula is C23H21Cl2F6NO4S. The molecule has 1 atom stereocenters. The highest BCUT2D eigenvalue weighted by Gasteiger charge is 2.42. The second-order valence-corrected chi connectivity index (χ2v) is 11.3. The van der Waals surface area contributed by atoms with E-state index in [9.17, 15) is 39.6 Å². The number of hydrogen-bond donors (Lipinski definition) is 0. The van der Waals surface area contributed by atoms with Crippen molar-refractivity contribution in [1.29, 1.82) is 0 Å². The third kappa shape index (κ3) is 7.52. The molecule has 1 heterocycles. The van der Waals surface area contributed by atoms with E-state index in [0.717, 1.165) is 6.26 Å². The predicted molar refractivity (Wildman–Crippen MR) is 125 cm³/mol. The SMILES string of the molecule is CS(=O)(=O)OCC[C@]1(c2ccc(Cl)c(Cl)c2)CCN(C(=O)Cc2cc(C(F)(F)F)cc(C(F)(F)F)c2)C1. The average molecular weight is 592 g/mol. The number of carbonyl (C=O) groups excluding carboxylic acids is 1. The van der Waals surface area contributed by atoms with Crippen LogP contribution in [0.25, 0.3) is 0 Å². The number of hydrogen-bond acceptors (Lipinski definition) is 4. The van der Waals surface area contributed by atoms with Crippen molar-refractivity contribution in [3.63, 3.8) is 0 Å².